The lowest BCUT2D eigenvalue weighted by molar-refractivity contribution is -0.127. The molecule has 1 saturated heterocycles. The molecule has 0 aliphatic carbocycles. The highest BCUT2D eigenvalue weighted by Crippen LogP contribution is 2.17. The second kappa shape index (κ2) is 11.7. The fraction of sp³-hybridized carbons (Fsp3) is 0.364. The Bertz CT molecular complexity index is 821. The van der Waals surface area contributed by atoms with Crippen LogP contribution in [0.5, 0.6) is 0 Å². The molecule has 1 aliphatic heterocycles. The van der Waals surface area contributed by atoms with Crippen molar-refractivity contribution in [2.24, 2.45) is 4.99 Å². The number of hydrogen-bond acceptors (Lipinski definition) is 3. The highest BCUT2D eigenvalue weighted by molar-refractivity contribution is 14.0. The van der Waals surface area contributed by atoms with Crippen molar-refractivity contribution in [1.82, 2.24) is 15.1 Å². The molecule has 6 nitrogen and oxygen atoms in total. The first-order valence-electron chi connectivity index (χ1n) is 9.81. The van der Waals surface area contributed by atoms with E-state index < -0.39 is 0 Å². The third-order valence-electron chi connectivity index (χ3n) is 4.92. The summed E-state index contributed by atoms with van der Waals surface area (Å²) in [6, 6.07) is 16.6. The number of nitrogens with zero attached hydrogens (tertiary/aromatic N) is 4. The molecule has 2 aromatic rings. The lowest BCUT2D eigenvalue weighted by Gasteiger charge is -2.37. The number of halogens is 2. The van der Waals surface area contributed by atoms with Gasteiger partial charge in [-0.2, -0.15) is 0 Å². The predicted molar refractivity (Wildman–Crippen MR) is 130 cm³/mol. The predicted octanol–water partition coefficient (Wildman–Crippen LogP) is 2.80. The molecule has 3 rings (SSSR count). The van der Waals surface area contributed by atoms with Crippen LogP contribution in [0.15, 0.2) is 59.6 Å². The fourth-order valence-corrected chi connectivity index (χ4v) is 3.16. The van der Waals surface area contributed by atoms with Crippen LogP contribution < -0.4 is 10.2 Å². The van der Waals surface area contributed by atoms with Gasteiger partial charge in [0.1, 0.15) is 5.82 Å². The van der Waals surface area contributed by atoms with E-state index in [4.69, 9.17) is 4.99 Å². The van der Waals surface area contributed by atoms with Crippen molar-refractivity contribution < 1.29 is 9.18 Å². The maximum absolute atomic E-state index is 13.2. The van der Waals surface area contributed by atoms with Gasteiger partial charge < -0.3 is 20.0 Å². The fourth-order valence-electron chi connectivity index (χ4n) is 3.16. The summed E-state index contributed by atoms with van der Waals surface area (Å²) < 4.78 is 13.2. The van der Waals surface area contributed by atoms with Gasteiger partial charge in [-0.05, 0) is 29.8 Å². The van der Waals surface area contributed by atoms with Crippen LogP contribution >= 0.6 is 24.0 Å². The minimum absolute atomic E-state index is 0. The summed E-state index contributed by atoms with van der Waals surface area (Å²) in [5, 5.41) is 3.22. The summed E-state index contributed by atoms with van der Waals surface area (Å²) >= 11 is 0. The van der Waals surface area contributed by atoms with Crippen molar-refractivity contribution >= 4 is 41.5 Å². The summed E-state index contributed by atoms with van der Waals surface area (Å²) in [7, 11) is 3.48. The van der Waals surface area contributed by atoms with Crippen molar-refractivity contribution in [2.45, 2.75) is 6.54 Å². The molecule has 0 unspecified atom stereocenters. The van der Waals surface area contributed by atoms with E-state index in [9.17, 15) is 9.18 Å². The molecule has 1 heterocycles. The van der Waals surface area contributed by atoms with Crippen molar-refractivity contribution in [3.63, 3.8) is 0 Å². The van der Waals surface area contributed by atoms with Crippen molar-refractivity contribution in [1.29, 1.82) is 0 Å². The Morgan fingerprint density at radius 2 is 1.67 bits per heavy atom. The molecule has 1 aliphatic rings. The van der Waals surface area contributed by atoms with Crippen LogP contribution in [0.25, 0.3) is 0 Å². The molecule has 0 radical (unpaired) electrons. The van der Waals surface area contributed by atoms with E-state index in [-0.39, 0.29) is 42.2 Å². The maximum Gasteiger partial charge on any atom is 0.241 e. The number of amides is 1. The van der Waals surface area contributed by atoms with Crippen LogP contribution in [0.4, 0.5) is 10.1 Å². The van der Waals surface area contributed by atoms with Gasteiger partial charge in [0.05, 0.1) is 13.1 Å². The van der Waals surface area contributed by atoms with Gasteiger partial charge in [0.25, 0.3) is 0 Å². The van der Waals surface area contributed by atoms with Gasteiger partial charge >= 0.3 is 0 Å². The Morgan fingerprint density at radius 1 is 1.03 bits per heavy atom. The van der Waals surface area contributed by atoms with Crippen molar-refractivity contribution in [2.75, 3.05) is 51.7 Å². The largest absolute Gasteiger partial charge is 0.368 e. The monoisotopic (exact) mass is 525 g/mol. The Balaban J connectivity index is 0.00000320. The van der Waals surface area contributed by atoms with Gasteiger partial charge in [-0.3, -0.25) is 4.79 Å². The number of carbonyl (C=O) groups excluding carboxylic acids is 1. The summed E-state index contributed by atoms with van der Waals surface area (Å²) in [5.41, 5.74) is 2.14. The minimum atomic E-state index is -0.225. The molecule has 0 bridgehead atoms. The number of guanidine groups is 1. The minimum Gasteiger partial charge on any atom is -0.368 e. The van der Waals surface area contributed by atoms with Gasteiger partial charge in [-0.15, -0.1) is 24.0 Å². The Hall–Kier alpha value is -2.36. The van der Waals surface area contributed by atoms with Gasteiger partial charge in [-0.25, -0.2) is 9.38 Å². The van der Waals surface area contributed by atoms with Gasteiger partial charge in [0, 0.05) is 46.0 Å². The molecule has 0 spiro atoms. The molecule has 30 heavy (non-hydrogen) atoms. The van der Waals surface area contributed by atoms with E-state index in [1.807, 2.05) is 42.5 Å². The quantitative estimate of drug-likeness (QED) is 0.371. The van der Waals surface area contributed by atoms with Crippen LogP contribution in [-0.2, 0) is 11.3 Å². The van der Waals surface area contributed by atoms with Crippen LogP contribution in [-0.4, -0.2) is 68.5 Å². The maximum atomic E-state index is 13.2. The molecule has 162 valence electrons. The first-order chi connectivity index (χ1) is 14.0. The number of hydrogen-bond donors (Lipinski definition) is 1. The van der Waals surface area contributed by atoms with E-state index in [0.717, 1.165) is 43.4 Å². The number of nitrogens with one attached hydrogen (secondary N) is 1. The van der Waals surface area contributed by atoms with Gasteiger partial charge in [-0.1, -0.05) is 30.3 Å². The van der Waals surface area contributed by atoms with Gasteiger partial charge in [0.15, 0.2) is 5.96 Å². The molecule has 8 heteroatoms. The average molecular weight is 525 g/mol. The SMILES string of the molecule is CN(C)C(=O)CNC(=NCc1ccccc1)N1CCN(c2ccc(F)cc2)CC1.I. The molecule has 1 fully saturated rings. The normalized spacial score (nSPS) is 14.2. The van der Waals surface area contributed by atoms with Crippen LogP contribution in [0.3, 0.4) is 0 Å². The van der Waals surface area contributed by atoms with E-state index in [0.29, 0.717) is 6.54 Å². The number of likely N-dealkylation sites (N-methyl/N-ethyl adjacent to an activating group) is 1. The molecule has 1 N–H and O–H groups in total. The first-order valence-corrected chi connectivity index (χ1v) is 9.81. The molecule has 0 atom stereocenters. The Kier molecular flexibility index (Phi) is 9.35. The number of anilines is 1. The number of rotatable bonds is 5. The van der Waals surface area contributed by atoms with E-state index in [1.54, 1.807) is 19.0 Å². The molecule has 0 saturated carbocycles. The van der Waals surface area contributed by atoms with E-state index >= 15 is 0 Å². The second-order valence-corrected chi connectivity index (χ2v) is 7.22. The summed E-state index contributed by atoms with van der Waals surface area (Å²) in [4.78, 5) is 22.7. The third kappa shape index (κ3) is 6.86. The first kappa shape index (κ1) is 23.9. The number of piperazine rings is 1. The molecule has 2 aromatic carbocycles. The Morgan fingerprint density at radius 3 is 2.27 bits per heavy atom. The van der Waals surface area contributed by atoms with Crippen molar-refractivity contribution in [3.8, 4) is 0 Å². The van der Waals surface area contributed by atoms with Crippen LogP contribution in [0, 0.1) is 5.82 Å². The molecular formula is C22H29FIN5O. The lowest BCUT2D eigenvalue weighted by atomic mass is 10.2. The molecule has 1 amide bonds. The summed E-state index contributed by atoms with van der Waals surface area (Å²) in [5.74, 6) is 0.516. The summed E-state index contributed by atoms with van der Waals surface area (Å²) in [6.07, 6.45) is 0. The standard InChI is InChI=1S/C22H28FN5O.HI/c1-26(2)21(29)17-25-22(24-16-18-6-4-3-5-7-18)28-14-12-27(13-15-28)20-10-8-19(23)9-11-20;/h3-11H,12-17H2,1-2H3,(H,24,25);1H. The molecular weight excluding hydrogens is 496 g/mol. The zero-order valence-corrected chi connectivity index (χ0v) is 19.8. The van der Waals surface area contributed by atoms with E-state index in [2.05, 4.69) is 15.1 Å². The molecule has 0 aromatic heterocycles. The zero-order chi connectivity index (χ0) is 20.6. The second-order valence-electron chi connectivity index (χ2n) is 7.22. The highest BCUT2D eigenvalue weighted by Gasteiger charge is 2.20. The van der Waals surface area contributed by atoms with Crippen LogP contribution in [0.2, 0.25) is 0 Å². The summed E-state index contributed by atoms with van der Waals surface area (Å²) in [6.45, 7) is 3.91. The zero-order valence-electron chi connectivity index (χ0n) is 17.4. The van der Waals surface area contributed by atoms with Crippen molar-refractivity contribution in [3.05, 3.63) is 66.0 Å². The van der Waals surface area contributed by atoms with E-state index in [1.165, 1.54) is 12.1 Å². The third-order valence-corrected chi connectivity index (χ3v) is 4.92. The topological polar surface area (TPSA) is 51.2 Å². The van der Waals surface area contributed by atoms with Gasteiger partial charge in [0.2, 0.25) is 5.91 Å². The number of carbonyl (C=O) groups is 1. The highest BCUT2D eigenvalue weighted by atomic mass is 127. The Labute approximate surface area is 194 Å². The number of benzene rings is 2. The van der Waals surface area contributed by atoms with Crippen LogP contribution in [0.1, 0.15) is 5.56 Å². The lowest BCUT2D eigenvalue weighted by Crippen LogP contribution is -2.53. The smallest absolute Gasteiger partial charge is 0.241 e. The average Bonchev–Trinajstić information content (AvgIpc) is 2.75. The number of aliphatic imine (C=N–C) groups is 1.